The van der Waals surface area contributed by atoms with E-state index in [1.54, 1.807) is 4.90 Å². The van der Waals surface area contributed by atoms with Gasteiger partial charge in [0, 0.05) is 23.1 Å². The number of rotatable bonds is 4. The highest BCUT2D eigenvalue weighted by Gasteiger charge is 2.22. The summed E-state index contributed by atoms with van der Waals surface area (Å²) >= 11 is 3.50. The fourth-order valence-corrected chi connectivity index (χ4v) is 3.62. The SMILES string of the molecule is O=C(Nc1cccc(CN2CCOC2=O)c1)c1[nH]c2ccccc2c1Br. The predicted octanol–water partition coefficient (Wildman–Crippen LogP) is 4.13. The van der Waals surface area contributed by atoms with Gasteiger partial charge in [-0.15, -0.1) is 0 Å². The van der Waals surface area contributed by atoms with Crippen LogP contribution in [0.15, 0.2) is 53.0 Å². The van der Waals surface area contributed by atoms with E-state index in [-0.39, 0.29) is 12.0 Å². The van der Waals surface area contributed by atoms with E-state index in [0.717, 1.165) is 20.9 Å². The van der Waals surface area contributed by atoms with Gasteiger partial charge in [0.15, 0.2) is 0 Å². The zero-order chi connectivity index (χ0) is 18.1. The van der Waals surface area contributed by atoms with Crippen LogP contribution in [-0.2, 0) is 11.3 Å². The second kappa shape index (κ2) is 6.84. The molecule has 2 amide bonds. The van der Waals surface area contributed by atoms with Crippen molar-refractivity contribution in [3.05, 3.63) is 64.3 Å². The molecule has 0 aliphatic carbocycles. The highest BCUT2D eigenvalue weighted by Crippen LogP contribution is 2.28. The number of para-hydroxylation sites is 1. The summed E-state index contributed by atoms with van der Waals surface area (Å²) in [4.78, 5) is 29.0. The standard InChI is InChI=1S/C19H16BrN3O3/c20-16-14-6-1-2-7-15(14)22-17(16)18(24)21-13-5-3-4-12(10-13)11-23-8-9-26-19(23)25/h1-7,10,22H,8-9,11H2,(H,21,24). The molecule has 132 valence electrons. The maximum absolute atomic E-state index is 12.7. The average Bonchev–Trinajstić information content (AvgIpc) is 3.19. The summed E-state index contributed by atoms with van der Waals surface area (Å²) in [5, 5.41) is 3.86. The molecule has 3 aromatic rings. The van der Waals surface area contributed by atoms with Crippen LogP contribution in [0.25, 0.3) is 10.9 Å². The van der Waals surface area contributed by atoms with Gasteiger partial charge in [0.25, 0.3) is 5.91 Å². The van der Waals surface area contributed by atoms with Crippen LogP contribution in [-0.4, -0.2) is 35.0 Å². The first-order chi connectivity index (χ1) is 12.6. The number of hydrogen-bond donors (Lipinski definition) is 2. The highest BCUT2D eigenvalue weighted by atomic mass is 79.9. The first kappa shape index (κ1) is 16.7. The van der Waals surface area contributed by atoms with E-state index in [2.05, 4.69) is 26.2 Å². The monoisotopic (exact) mass is 413 g/mol. The molecule has 7 heteroatoms. The Labute approximate surface area is 158 Å². The Morgan fingerprint density at radius 3 is 2.85 bits per heavy atom. The van der Waals surface area contributed by atoms with E-state index in [4.69, 9.17) is 4.74 Å². The minimum atomic E-state index is -0.304. The summed E-state index contributed by atoms with van der Waals surface area (Å²) in [7, 11) is 0. The molecule has 4 rings (SSSR count). The molecule has 0 bridgehead atoms. The van der Waals surface area contributed by atoms with Crippen LogP contribution < -0.4 is 5.32 Å². The lowest BCUT2D eigenvalue weighted by Gasteiger charge is -2.13. The molecule has 0 radical (unpaired) electrons. The van der Waals surface area contributed by atoms with Gasteiger partial charge < -0.3 is 19.9 Å². The first-order valence-electron chi connectivity index (χ1n) is 8.20. The maximum Gasteiger partial charge on any atom is 0.410 e. The lowest BCUT2D eigenvalue weighted by atomic mass is 10.2. The van der Waals surface area contributed by atoms with Gasteiger partial charge in [0.05, 0.1) is 11.0 Å². The van der Waals surface area contributed by atoms with Crippen molar-refractivity contribution in [3.63, 3.8) is 0 Å². The zero-order valence-electron chi connectivity index (χ0n) is 13.8. The molecule has 1 aliphatic heterocycles. The normalized spacial score (nSPS) is 13.9. The maximum atomic E-state index is 12.7. The summed E-state index contributed by atoms with van der Waals surface area (Å²) in [5.41, 5.74) is 2.97. The van der Waals surface area contributed by atoms with E-state index < -0.39 is 0 Å². The van der Waals surface area contributed by atoms with Crippen LogP contribution in [0.1, 0.15) is 16.1 Å². The van der Waals surface area contributed by atoms with Crippen molar-refractivity contribution in [1.82, 2.24) is 9.88 Å². The Balaban J connectivity index is 1.53. The molecule has 1 aromatic heterocycles. The number of nitrogens with zero attached hydrogens (tertiary/aromatic N) is 1. The minimum Gasteiger partial charge on any atom is -0.448 e. The van der Waals surface area contributed by atoms with Crippen LogP contribution in [0.4, 0.5) is 10.5 Å². The van der Waals surface area contributed by atoms with Gasteiger partial charge in [-0.1, -0.05) is 30.3 Å². The number of benzene rings is 2. The molecule has 6 nitrogen and oxygen atoms in total. The third-order valence-electron chi connectivity index (χ3n) is 4.27. The second-order valence-corrected chi connectivity index (χ2v) is 6.84. The molecule has 0 atom stereocenters. The highest BCUT2D eigenvalue weighted by molar-refractivity contribution is 9.10. The number of cyclic esters (lactones) is 1. The molecule has 0 unspecified atom stereocenters. The summed E-state index contributed by atoms with van der Waals surface area (Å²) in [5.74, 6) is -0.231. The van der Waals surface area contributed by atoms with Crippen molar-refractivity contribution in [3.8, 4) is 0 Å². The molecule has 2 heterocycles. The molecular formula is C19H16BrN3O3. The summed E-state index contributed by atoms with van der Waals surface area (Å²) in [6.07, 6.45) is -0.304. The zero-order valence-corrected chi connectivity index (χ0v) is 15.4. The van der Waals surface area contributed by atoms with Gasteiger partial charge in [0.1, 0.15) is 12.3 Å². The van der Waals surface area contributed by atoms with Crippen LogP contribution in [0, 0.1) is 0 Å². The quantitative estimate of drug-likeness (QED) is 0.674. The van der Waals surface area contributed by atoms with E-state index in [1.165, 1.54) is 0 Å². The van der Waals surface area contributed by atoms with Crippen LogP contribution in [0.2, 0.25) is 0 Å². The number of aromatic amines is 1. The van der Waals surface area contributed by atoms with Crippen molar-refractivity contribution >= 4 is 44.5 Å². The van der Waals surface area contributed by atoms with E-state index in [1.807, 2.05) is 48.5 Å². The van der Waals surface area contributed by atoms with Gasteiger partial charge in [-0.05, 0) is 39.7 Å². The number of nitrogens with one attached hydrogen (secondary N) is 2. The number of amides is 2. The second-order valence-electron chi connectivity index (χ2n) is 6.05. The van der Waals surface area contributed by atoms with Gasteiger partial charge in [0.2, 0.25) is 0 Å². The number of H-pyrrole nitrogens is 1. The lowest BCUT2D eigenvalue weighted by molar-refractivity contribution is 0.102. The van der Waals surface area contributed by atoms with Gasteiger partial charge in [-0.2, -0.15) is 0 Å². The predicted molar refractivity (Wildman–Crippen MR) is 102 cm³/mol. The number of halogens is 1. The van der Waals surface area contributed by atoms with Crippen LogP contribution >= 0.6 is 15.9 Å². The van der Waals surface area contributed by atoms with Gasteiger partial charge in [-0.25, -0.2) is 4.79 Å². The molecule has 2 aromatic carbocycles. The summed E-state index contributed by atoms with van der Waals surface area (Å²) in [6, 6.07) is 15.2. The molecular weight excluding hydrogens is 398 g/mol. The Hall–Kier alpha value is -2.80. The Morgan fingerprint density at radius 2 is 2.08 bits per heavy atom. The molecule has 1 aliphatic rings. The minimum absolute atomic E-state index is 0.231. The number of carbonyl (C=O) groups excluding carboxylic acids is 2. The van der Waals surface area contributed by atoms with Crippen LogP contribution in [0.3, 0.4) is 0 Å². The largest absolute Gasteiger partial charge is 0.448 e. The Bertz CT molecular complexity index is 999. The topological polar surface area (TPSA) is 74.4 Å². The number of aromatic nitrogens is 1. The summed E-state index contributed by atoms with van der Waals surface area (Å²) in [6.45, 7) is 1.46. The van der Waals surface area contributed by atoms with E-state index in [9.17, 15) is 9.59 Å². The fraction of sp³-hybridized carbons (Fsp3) is 0.158. The molecule has 1 fully saturated rings. The van der Waals surface area contributed by atoms with Crippen LogP contribution in [0.5, 0.6) is 0 Å². The molecule has 0 saturated carbocycles. The van der Waals surface area contributed by atoms with Crippen molar-refractivity contribution < 1.29 is 14.3 Å². The Kier molecular flexibility index (Phi) is 4.38. The number of carbonyl (C=O) groups is 2. The number of anilines is 1. The van der Waals surface area contributed by atoms with Gasteiger partial charge >= 0.3 is 6.09 Å². The first-order valence-corrected chi connectivity index (χ1v) is 8.99. The number of fused-ring (bicyclic) bond motifs is 1. The Morgan fingerprint density at radius 1 is 1.23 bits per heavy atom. The average molecular weight is 414 g/mol. The third kappa shape index (κ3) is 3.17. The fourth-order valence-electron chi connectivity index (χ4n) is 2.99. The molecule has 2 N–H and O–H groups in total. The molecule has 26 heavy (non-hydrogen) atoms. The number of ether oxygens (including phenoxy) is 1. The smallest absolute Gasteiger partial charge is 0.410 e. The van der Waals surface area contributed by atoms with Crippen molar-refractivity contribution in [1.29, 1.82) is 0 Å². The van der Waals surface area contributed by atoms with Gasteiger partial charge in [-0.3, -0.25) is 4.79 Å². The van der Waals surface area contributed by atoms with Crippen molar-refractivity contribution in [2.24, 2.45) is 0 Å². The van der Waals surface area contributed by atoms with Crippen molar-refractivity contribution in [2.45, 2.75) is 6.54 Å². The third-order valence-corrected chi connectivity index (χ3v) is 5.10. The lowest BCUT2D eigenvalue weighted by Crippen LogP contribution is -2.23. The van der Waals surface area contributed by atoms with E-state index >= 15 is 0 Å². The molecule has 1 saturated heterocycles. The van der Waals surface area contributed by atoms with Crippen molar-refractivity contribution in [2.75, 3.05) is 18.5 Å². The molecule has 0 spiro atoms. The summed E-state index contributed by atoms with van der Waals surface area (Å²) < 4.78 is 5.68. The number of hydrogen-bond acceptors (Lipinski definition) is 3. The van der Waals surface area contributed by atoms with E-state index in [0.29, 0.717) is 31.1 Å².